The number of pyridine rings is 1. The molecule has 0 saturated carbocycles. The second kappa shape index (κ2) is 9.01. The lowest BCUT2D eigenvalue weighted by Gasteiger charge is -2.29. The maximum atomic E-state index is 3.95. The van der Waals surface area contributed by atoms with Crippen LogP contribution in [0, 0.1) is 13.8 Å². The Morgan fingerprint density at radius 1 is 0.903 bits per heavy atom. The maximum absolute atomic E-state index is 3.95. The van der Waals surface area contributed by atoms with E-state index in [4.69, 9.17) is 0 Å². The van der Waals surface area contributed by atoms with Crippen molar-refractivity contribution in [3.63, 3.8) is 0 Å². The van der Waals surface area contributed by atoms with Gasteiger partial charge in [-0.1, -0.05) is 48.1 Å². The summed E-state index contributed by atoms with van der Waals surface area (Å²) in [7, 11) is 0. The number of rotatable bonds is 6. The van der Waals surface area contributed by atoms with Gasteiger partial charge in [0.15, 0.2) is 6.54 Å². The van der Waals surface area contributed by atoms with E-state index in [1.807, 2.05) is 12.2 Å². The zero-order valence-electron chi connectivity index (χ0n) is 18.4. The average molecular weight is 406 g/mol. The van der Waals surface area contributed by atoms with Gasteiger partial charge in [-0.25, -0.2) is 0 Å². The third kappa shape index (κ3) is 4.29. The first-order valence-electron chi connectivity index (χ1n) is 10.7. The number of hydrogen-bond acceptors (Lipinski definition) is 1. The molecule has 0 saturated heterocycles. The van der Waals surface area contributed by atoms with E-state index in [2.05, 4.69) is 115 Å². The monoisotopic (exact) mass is 405 g/mol. The number of fused-ring (bicyclic) bond motifs is 2. The van der Waals surface area contributed by atoms with Crippen LogP contribution in [0.2, 0.25) is 0 Å². The molecule has 1 aliphatic heterocycles. The molecule has 2 aromatic carbocycles. The number of nitrogens with zero attached hydrogens (tertiary/aromatic N) is 2. The minimum atomic E-state index is 0.770. The van der Waals surface area contributed by atoms with Crippen LogP contribution in [0.5, 0.6) is 0 Å². The Morgan fingerprint density at radius 3 is 2.52 bits per heavy atom. The third-order valence-corrected chi connectivity index (χ3v) is 5.60. The molecule has 0 aliphatic carbocycles. The van der Waals surface area contributed by atoms with E-state index in [0.717, 1.165) is 24.5 Å². The molecule has 0 unspecified atom stereocenters. The van der Waals surface area contributed by atoms with E-state index in [1.165, 1.54) is 33.3 Å². The minimum Gasteiger partial charge on any atom is -0.337 e. The van der Waals surface area contributed by atoms with Gasteiger partial charge in [-0.05, 0) is 61.9 Å². The average Bonchev–Trinajstić information content (AvgIpc) is 2.76. The number of benzene rings is 2. The molecule has 0 spiro atoms. The molecule has 154 valence electrons. The lowest BCUT2D eigenvalue weighted by Crippen LogP contribution is -2.37. The molecule has 0 amide bonds. The predicted octanol–water partition coefficient (Wildman–Crippen LogP) is 6.55. The molecule has 2 nitrogen and oxygen atoms in total. The van der Waals surface area contributed by atoms with Gasteiger partial charge in [0.2, 0.25) is 11.2 Å². The Morgan fingerprint density at radius 2 is 1.71 bits per heavy atom. The Bertz CT molecular complexity index is 1240. The predicted molar refractivity (Wildman–Crippen MR) is 134 cm³/mol. The summed E-state index contributed by atoms with van der Waals surface area (Å²) in [6.45, 7) is 13.7. The number of allylic oxidation sites excluding steroid dienone is 4. The summed E-state index contributed by atoms with van der Waals surface area (Å²) < 4.78 is 2.30. The van der Waals surface area contributed by atoms with Gasteiger partial charge >= 0.3 is 0 Å². The van der Waals surface area contributed by atoms with Crippen molar-refractivity contribution < 1.29 is 4.57 Å². The molecule has 0 radical (unpaired) electrons. The van der Waals surface area contributed by atoms with Crippen molar-refractivity contribution in [2.75, 3.05) is 11.4 Å². The third-order valence-electron chi connectivity index (χ3n) is 5.60. The molecular weight excluding hydrogens is 376 g/mol. The molecule has 0 N–H and O–H groups in total. The van der Waals surface area contributed by atoms with Gasteiger partial charge in [-0.3, -0.25) is 0 Å². The summed E-state index contributed by atoms with van der Waals surface area (Å²) in [5.74, 6) is 0. The van der Waals surface area contributed by atoms with Crippen molar-refractivity contribution in [3.05, 3.63) is 120 Å². The normalized spacial score (nSPS) is 14.4. The molecule has 4 rings (SSSR count). The van der Waals surface area contributed by atoms with E-state index >= 15 is 0 Å². The fraction of sp³-hybridized carbons (Fsp3) is 0.138. The molecule has 1 aromatic heterocycles. The maximum Gasteiger partial charge on any atom is 0.213 e. The van der Waals surface area contributed by atoms with Crippen LogP contribution >= 0.6 is 0 Å². The quantitative estimate of drug-likeness (QED) is 0.333. The van der Waals surface area contributed by atoms with Gasteiger partial charge in [-0.2, -0.15) is 4.57 Å². The van der Waals surface area contributed by atoms with E-state index in [0.29, 0.717) is 0 Å². The van der Waals surface area contributed by atoms with Crippen LogP contribution in [0.4, 0.5) is 5.69 Å². The van der Waals surface area contributed by atoms with Crippen molar-refractivity contribution in [3.8, 4) is 0 Å². The second-order valence-corrected chi connectivity index (χ2v) is 7.97. The SMILES string of the molecule is C=CCN1C(=CC=Cc2ccc3cc(C)ccc3[n+]2CC=C)C=Cc2cc(C)ccc21. The lowest BCUT2D eigenvalue weighted by atomic mass is 10.0. The number of hydrogen-bond donors (Lipinski definition) is 0. The Kier molecular flexibility index (Phi) is 5.99. The van der Waals surface area contributed by atoms with Gasteiger partial charge in [0.25, 0.3) is 0 Å². The highest BCUT2D eigenvalue weighted by atomic mass is 15.1. The smallest absolute Gasteiger partial charge is 0.213 e. The van der Waals surface area contributed by atoms with Crippen LogP contribution in [0.25, 0.3) is 23.1 Å². The van der Waals surface area contributed by atoms with E-state index in [1.54, 1.807) is 0 Å². The van der Waals surface area contributed by atoms with Crippen molar-refractivity contribution in [2.24, 2.45) is 0 Å². The zero-order valence-corrected chi connectivity index (χ0v) is 18.4. The first-order valence-corrected chi connectivity index (χ1v) is 10.7. The topological polar surface area (TPSA) is 7.12 Å². The first kappa shape index (κ1) is 20.6. The first-order chi connectivity index (χ1) is 15.1. The van der Waals surface area contributed by atoms with Crippen LogP contribution in [-0.2, 0) is 6.54 Å². The number of aromatic nitrogens is 1. The van der Waals surface area contributed by atoms with Crippen LogP contribution in [0.15, 0.2) is 97.8 Å². The van der Waals surface area contributed by atoms with Gasteiger partial charge in [0.05, 0.1) is 0 Å². The highest BCUT2D eigenvalue weighted by Crippen LogP contribution is 2.31. The zero-order chi connectivity index (χ0) is 21.8. The highest BCUT2D eigenvalue weighted by molar-refractivity contribution is 5.78. The summed E-state index contributed by atoms with van der Waals surface area (Å²) in [4.78, 5) is 2.30. The standard InChI is InChI=1S/C29H29N2/c1-5-18-30-26(14-12-24-20-22(3)10-16-28(24)30)8-7-9-27-15-13-25-21-23(4)11-17-29(25)31(27)19-6-2/h5-17,20-21H,1-2,18-19H2,3-4H3/q+1. The van der Waals surface area contributed by atoms with E-state index < -0.39 is 0 Å². The summed E-state index contributed by atoms with van der Waals surface area (Å²) in [5.41, 5.74) is 8.53. The fourth-order valence-corrected chi connectivity index (χ4v) is 4.12. The van der Waals surface area contributed by atoms with Crippen LogP contribution < -0.4 is 9.47 Å². The van der Waals surface area contributed by atoms with Crippen LogP contribution in [0.3, 0.4) is 0 Å². The molecule has 1 aliphatic rings. The number of aryl methyl sites for hydroxylation is 2. The van der Waals surface area contributed by atoms with Crippen molar-refractivity contribution in [1.29, 1.82) is 0 Å². The summed E-state index contributed by atoms with van der Waals surface area (Å²) in [5, 5.41) is 1.25. The highest BCUT2D eigenvalue weighted by Gasteiger charge is 2.16. The lowest BCUT2D eigenvalue weighted by molar-refractivity contribution is -0.662. The van der Waals surface area contributed by atoms with E-state index in [-0.39, 0.29) is 0 Å². The molecule has 0 fully saturated rings. The van der Waals surface area contributed by atoms with Gasteiger partial charge in [0.1, 0.15) is 0 Å². The van der Waals surface area contributed by atoms with Gasteiger partial charge < -0.3 is 4.90 Å². The van der Waals surface area contributed by atoms with Crippen molar-refractivity contribution >= 4 is 28.7 Å². The minimum absolute atomic E-state index is 0.770. The van der Waals surface area contributed by atoms with Gasteiger partial charge in [0, 0.05) is 41.5 Å². The molecule has 31 heavy (non-hydrogen) atoms. The fourth-order valence-electron chi connectivity index (χ4n) is 4.12. The summed E-state index contributed by atoms with van der Waals surface area (Å²) in [6.07, 6.45) is 14.7. The Balaban J connectivity index is 1.70. The van der Waals surface area contributed by atoms with E-state index in [9.17, 15) is 0 Å². The molecular formula is C29H29N2+. The van der Waals surface area contributed by atoms with Crippen molar-refractivity contribution in [2.45, 2.75) is 20.4 Å². The van der Waals surface area contributed by atoms with Gasteiger partial charge in [-0.15, -0.1) is 6.58 Å². The molecule has 2 heteroatoms. The van der Waals surface area contributed by atoms with Crippen LogP contribution in [0.1, 0.15) is 22.4 Å². The second-order valence-electron chi connectivity index (χ2n) is 7.97. The Hall–Kier alpha value is -3.65. The van der Waals surface area contributed by atoms with Crippen LogP contribution in [-0.4, -0.2) is 6.54 Å². The molecule has 0 bridgehead atoms. The molecule has 3 aromatic rings. The molecule has 0 atom stereocenters. The van der Waals surface area contributed by atoms with Crippen molar-refractivity contribution in [1.82, 2.24) is 0 Å². The molecule has 2 heterocycles. The summed E-state index contributed by atoms with van der Waals surface area (Å²) >= 11 is 0. The summed E-state index contributed by atoms with van der Waals surface area (Å²) in [6, 6.07) is 17.5. The Labute approximate surface area is 185 Å². The largest absolute Gasteiger partial charge is 0.337 e. The number of anilines is 1.